The molecule has 0 saturated heterocycles. The van der Waals surface area contributed by atoms with Crippen molar-refractivity contribution in [1.82, 2.24) is 0 Å². The topological polar surface area (TPSA) is 69.2 Å². The number of nitrogens with zero attached hydrogens (tertiary/aromatic N) is 1. The van der Waals surface area contributed by atoms with Crippen LogP contribution in [0.1, 0.15) is 52.7 Å². The van der Waals surface area contributed by atoms with Crippen molar-refractivity contribution in [3.63, 3.8) is 0 Å². The van der Waals surface area contributed by atoms with Crippen molar-refractivity contribution in [2.75, 3.05) is 5.73 Å². The summed E-state index contributed by atoms with van der Waals surface area (Å²) in [6, 6.07) is 3.50. The van der Waals surface area contributed by atoms with Crippen molar-refractivity contribution in [3.8, 4) is 0 Å². The molecule has 18 heavy (non-hydrogen) atoms. The minimum atomic E-state index is -0.344. The average Bonchev–Trinajstić information content (AvgIpc) is 2.12. The van der Waals surface area contributed by atoms with E-state index < -0.39 is 0 Å². The van der Waals surface area contributed by atoms with Gasteiger partial charge in [-0.2, -0.15) is 0 Å². The monoisotopic (exact) mass is 250 g/mol. The van der Waals surface area contributed by atoms with Gasteiger partial charge in [-0.15, -0.1) is 0 Å². The van der Waals surface area contributed by atoms with Gasteiger partial charge >= 0.3 is 0 Å². The molecular formula is C14H22N2O2. The highest BCUT2D eigenvalue weighted by molar-refractivity contribution is 5.63. The van der Waals surface area contributed by atoms with Gasteiger partial charge in [0.25, 0.3) is 5.69 Å². The summed E-state index contributed by atoms with van der Waals surface area (Å²) in [6.07, 6.45) is 0. The molecule has 2 N–H and O–H groups in total. The molecule has 0 atom stereocenters. The molecule has 0 fully saturated rings. The Morgan fingerprint density at radius 2 is 1.56 bits per heavy atom. The first-order chi connectivity index (χ1) is 7.94. The van der Waals surface area contributed by atoms with Crippen molar-refractivity contribution < 1.29 is 4.92 Å². The zero-order chi connectivity index (χ0) is 14.3. The van der Waals surface area contributed by atoms with Gasteiger partial charge in [-0.1, -0.05) is 41.5 Å². The Morgan fingerprint density at radius 1 is 1.06 bits per heavy atom. The van der Waals surface area contributed by atoms with Crippen molar-refractivity contribution in [1.29, 1.82) is 0 Å². The molecule has 0 saturated carbocycles. The van der Waals surface area contributed by atoms with Gasteiger partial charge in [0.1, 0.15) is 0 Å². The van der Waals surface area contributed by atoms with Crippen LogP contribution in [0.25, 0.3) is 0 Å². The fourth-order valence-corrected chi connectivity index (χ4v) is 2.04. The standard InChI is InChI=1S/C14H22N2O2/c1-13(2,3)9-7-10(15)12(14(4,5)6)11(8-9)16(17)18/h7-8H,15H2,1-6H3. The van der Waals surface area contributed by atoms with E-state index in [1.54, 1.807) is 6.07 Å². The fourth-order valence-electron chi connectivity index (χ4n) is 2.04. The van der Waals surface area contributed by atoms with Crippen LogP contribution in [0.15, 0.2) is 12.1 Å². The number of nitro groups is 1. The van der Waals surface area contributed by atoms with E-state index in [-0.39, 0.29) is 21.4 Å². The summed E-state index contributed by atoms with van der Waals surface area (Å²) in [4.78, 5) is 10.9. The van der Waals surface area contributed by atoms with Crippen LogP contribution in [0.5, 0.6) is 0 Å². The van der Waals surface area contributed by atoms with Crippen LogP contribution < -0.4 is 5.73 Å². The maximum Gasteiger partial charge on any atom is 0.275 e. The average molecular weight is 250 g/mol. The molecule has 0 bridgehead atoms. The zero-order valence-electron chi connectivity index (χ0n) is 12.0. The van der Waals surface area contributed by atoms with Gasteiger partial charge in [0, 0.05) is 11.8 Å². The lowest BCUT2D eigenvalue weighted by Gasteiger charge is -2.25. The summed E-state index contributed by atoms with van der Waals surface area (Å²) in [5.41, 5.74) is 7.66. The Morgan fingerprint density at radius 3 is 1.89 bits per heavy atom. The molecule has 0 aliphatic carbocycles. The maximum atomic E-state index is 11.2. The molecule has 0 aliphatic heterocycles. The van der Waals surface area contributed by atoms with Crippen molar-refractivity contribution in [3.05, 3.63) is 33.4 Å². The summed E-state index contributed by atoms with van der Waals surface area (Å²) in [5.74, 6) is 0. The predicted octanol–water partition coefficient (Wildman–Crippen LogP) is 3.77. The van der Waals surface area contributed by atoms with Gasteiger partial charge < -0.3 is 5.73 Å². The van der Waals surface area contributed by atoms with Crippen LogP contribution in [0.3, 0.4) is 0 Å². The molecule has 0 spiro atoms. The summed E-state index contributed by atoms with van der Waals surface area (Å²) < 4.78 is 0. The summed E-state index contributed by atoms with van der Waals surface area (Å²) in [7, 11) is 0. The quantitative estimate of drug-likeness (QED) is 0.468. The van der Waals surface area contributed by atoms with Crippen LogP contribution in [0.2, 0.25) is 0 Å². The van der Waals surface area contributed by atoms with E-state index >= 15 is 0 Å². The third-order valence-corrected chi connectivity index (χ3v) is 2.96. The number of benzene rings is 1. The third-order valence-electron chi connectivity index (χ3n) is 2.96. The second-order valence-corrected chi connectivity index (χ2v) is 6.72. The zero-order valence-corrected chi connectivity index (χ0v) is 12.0. The predicted molar refractivity (Wildman–Crippen MR) is 74.9 cm³/mol. The molecule has 1 aromatic rings. The number of nitro benzene ring substituents is 1. The van der Waals surface area contributed by atoms with E-state index in [2.05, 4.69) is 0 Å². The summed E-state index contributed by atoms with van der Waals surface area (Å²) >= 11 is 0. The number of rotatable bonds is 1. The first-order valence-corrected chi connectivity index (χ1v) is 6.03. The van der Waals surface area contributed by atoms with Crippen LogP contribution >= 0.6 is 0 Å². The van der Waals surface area contributed by atoms with Crippen LogP contribution in [0, 0.1) is 10.1 Å². The molecule has 0 aromatic heterocycles. The van der Waals surface area contributed by atoms with Crippen molar-refractivity contribution in [2.45, 2.75) is 52.4 Å². The molecule has 0 unspecified atom stereocenters. The first-order valence-electron chi connectivity index (χ1n) is 6.03. The van der Waals surface area contributed by atoms with Gasteiger partial charge in [-0.3, -0.25) is 10.1 Å². The maximum absolute atomic E-state index is 11.2. The molecule has 0 aliphatic rings. The molecular weight excluding hydrogens is 228 g/mol. The highest BCUT2D eigenvalue weighted by Crippen LogP contribution is 2.39. The third kappa shape index (κ3) is 2.81. The Bertz CT molecular complexity index is 480. The first kappa shape index (κ1) is 14.5. The van der Waals surface area contributed by atoms with Gasteiger partial charge in [-0.25, -0.2) is 0 Å². The number of nitrogens with two attached hydrogens (primary N) is 1. The van der Waals surface area contributed by atoms with E-state index in [0.29, 0.717) is 11.3 Å². The molecule has 1 aromatic carbocycles. The molecule has 0 radical (unpaired) electrons. The van der Waals surface area contributed by atoms with E-state index in [1.807, 2.05) is 47.6 Å². The summed E-state index contributed by atoms with van der Waals surface area (Å²) in [5, 5.41) is 11.2. The summed E-state index contributed by atoms with van der Waals surface area (Å²) in [6.45, 7) is 11.8. The lowest BCUT2D eigenvalue weighted by atomic mass is 9.80. The highest BCUT2D eigenvalue weighted by atomic mass is 16.6. The van der Waals surface area contributed by atoms with Crippen LogP contribution in [-0.2, 0) is 10.8 Å². The molecule has 100 valence electrons. The highest BCUT2D eigenvalue weighted by Gasteiger charge is 2.30. The Labute approximate surface area is 108 Å². The van der Waals surface area contributed by atoms with Crippen LogP contribution in [0.4, 0.5) is 11.4 Å². The van der Waals surface area contributed by atoms with E-state index in [1.165, 1.54) is 0 Å². The van der Waals surface area contributed by atoms with E-state index in [4.69, 9.17) is 5.73 Å². The van der Waals surface area contributed by atoms with Gasteiger partial charge in [0.2, 0.25) is 0 Å². The van der Waals surface area contributed by atoms with Gasteiger partial charge in [-0.05, 0) is 22.5 Å². The lowest BCUT2D eigenvalue weighted by Crippen LogP contribution is -2.19. The smallest absolute Gasteiger partial charge is 0.275 e. The molecule has 4 heteroatoms. The second kappa shape index (κ2) is 4.26. The number of nitrogen functional groups attached to an aromatic ring is 1. The number of hydrogen-bond acceptors (Lipinski definition) is 3. The minimum Gasteiger partial charge on any atom is -0.398 e. The van der Waals surface area contributed by atoms with Gasteiger partial charge in [0.05, 0.1) is 10.5 Å². The van der Waals surface area contributed by atoms with E-state index in [0.717, 1.165) is 5.56 Å². The molecule has 0 heterocycles. The molecule has 1 rings (SSSR count). The number of hydrogen-bond donors (Lipinski definition) is 1. The minimum absolute atomic E-state index is 0.118. The van der Waals surface area contributed by atoms with Crippen molar-refractivity contribution >= 4 is 11.4 Å². The molecule has 0 amide bonds. The second-order valence-electron chi connectivity index (χ2n) is 6.72. The van der Waals surface area contributed by atoms with Gasteiger partial charge in [0.15, 0.2) is 0 Å². The molecule has 4 nitrogen and oxygen atoms in total. The number of anilines is 1. The normalized spacial score (nSPS) is 12.6. The Hall–Kier alpha value is -1.58. The van der Waals surface area contributed by atoms with E-state index in [9.17, 15) is 10.1 Å². The van der Waals surface area contributed by atoms with Crippen molar-refractivity contribution in [2.24, 2.45) is 0 Å². The van der Waals surface area contributed by atoms with Crippen LogP contribution in [-0.4, -0.2) is 4.92 Å². The lowest BCUT2D eigenvalue weighted by molar-refractivity contribution is -0.386. The Kier molecular flexibility index (Phi) is 3.43. The SMILES string of the molecule is CC(C)(C)c1cc(N)c(C(C)(C)C)c([N+](=O)[O-])c1. The fraction of sp³-hybridized carbons (Fsp3) is 0.571. The Balaban J connectivity index is 3.62. The largest absolute Gasteiger partial charge is 0.398 e.